The van der Waals surface area contributed by atoms with Gasteiger partial charge in [-0.1, -0.05) is 26.8 Å². The van der Waals surface area contributed by atoms with Crippen LogP contribution < -0.4 is 5.32 Å². The highest BCUT2D eigenvalue weighted by Gasteiger charge is 2.77. The number of nitrogens with zero attached hydrogens (tertiary/aromatic N) is 1. The first-order valence-corrected chi connectivity index (χ1v) is 7.09. The second kappa shape index (κ2) is 4.00. The van der Waals surface area contributed by atoms with Crippen LogP contribution in [-0.2, 0) is 14.4 Å². The van der Waals surface area contributed by atoms with Crippen molar-refractivity contribution in [3.8, 4) is 0 Å². The topological polar surface area (TPSA) is 76.1 Å². The molecule has 1 aromatic rings. The molecule has 0 aromatic carbocycles. The second-order valence-electron chi connectivity index (χ2n) is 6.69. The molecular formula is C16H18N2O3. The zero-order valence-corrected chi connectivity index (χ0v) is 12.4. The number of amides is 1. The van der Waals surface area contributed by atoms with E-state index in [9.17, 15) is 14.4 Å². The largest absolute Gasteiger partial charge is 0.310 e. The van der Waals surface area contributed by atoms with Gasteiger partial charge in [0.05, 0.1) is 0 Å². The standard InChI is InChI=1S/C16H18N2O3/c1-14(2)15(3)7-8-16(14,12(20)11(15)19)13(21)18-10-6-4-5-9-17-10/h4-6,9H,7-8H2,1-3H3,(H,17,18,21). The highest BCUT2D eigenvalue weighted by atomic mass is 16.2. The van der Waals surface area contributed by atoms with Crippen molar-refractivity contribution < 1.29 is 14.4 Å². The third kappa shape index (κ3) is 1.41. The maximum atomic E-state index is 12.8. The molecule has 0 radical (unpaired) electrons. The molecule has 0 saturated heterocycles. The molecule has 2 bridgehead atoms. The molecule has 2 aliphatic rings. The molecular weight excluding hydrogens is 268 g/mol. The Morgan fingerprint density at radius 3 is 2.38 bits per heavy atom. The summed E-state index contributed by atoms with van der Waals surface area (Å²) in [6, 6.07) is 5.16. The number of hydrogen-bond donors (Lipinski definition) is 1. The lowest BCUT2D eigenvalue weighted by Crippen LogP contribution is -2.47. The number of nitrogens with one attached hydrogen (secondary N) is 1. The summed E-state index contributed by atoms with van der Waals surface area (Å²) in [6.45, 7) is 5.50. The SMILES string of the molecule is CC12CCC(C(=O)Nc3ccccn3)(C(=O)C1=O)C2(C)C. The minimum atomic E-state index is -1.27. The number of Topliss-reactive ketones (excluding diaryl/α,β-unsaturated/α-hetero) is 2. The first-order valence-electron chi connectivity index (χ1n) is 7.09. The number of fused-ring (bicyclic) bond motifs is 2. The zero-order valence-electron chi connectivity index (χ0n) is 12.4. The van der Waals surface area contributed by atoms with Gasteiger partial charge in [-0.2, -0.15) is 0 Å². The number of anilines is 1. The van der Waals surface area contributed by atoms with Crippen LogP contribution in [0.5, 0.6) is 0 Å². The molecule has 1 aromatic heterocycles. The van der Waals surface area contributed by atoms with Gasteiger partial charge in [0.15, 0.2) is 0 Å². The predicted molar refractivity (Wildman–Crippen MR) is 76.4 cm³/mol. The molecule has 2 unspecified atom stereocenters. The Kier molecular flexibility index (Phi) is 2.65. The lowest BCUT2D eigenvalue weighted by Gasteiger charge is -2.36. The Morgan fingerprint density at radius 2 is 1.86 bits per heavy atom. The van der Waals surface area contributed by atoms with Crippen molar-refractivity contribution in [2.75, 3.05) is 5.32 Å². The monoisotopic (exact) mass is 286 g/mol. The molecule has 1 amide bonds. The lowest BCUT2D eigenvalue weighted by molar-refractivity contribution is -0.147. The number of rotatable bonds is 2. The molecule has 1 N–H and O–H groups in total. The molecule has 2 saturated carbocycles. The molecule has 1 heterocycles. The summed E-state index contributed by atoms with van der Waals surface area (Å²) in [5, 5.41) is 2.70. The maximum absolute atomic E-state index is 12.8. The van der Waals surface area contributed by atoms with E-state index < -0.39 is 33.7 Å². The molecule has 2 aliphatic carbocycles. The zero-order chi connectivity index (χ0) is 15.5. The first kappa shape index (κ1) is 13.9. The predicted octanol–water partition coefficient (Wildman–Crippen LogP) is 1.98. The molecule has 0 spiro atoms. The average molecular weight is 286 g/mol. The van der Waals surface area contributed by atoms with Crippen LogP contribution in [-0.4, -0.2) is 22.5 Å². The normalized spacial score (nSPS) is 33.3. The summed E-state index contributed by atoms with van der Waals surface area (Å²) in [5.41, 5.74) is -2.70. The summed E-state index contributed by atoms with van der Waals surface area (Å²) >= 11 is 0. The van der Waals surface area contributed by atoms with E-state index in [-0.39, 0.29) is 0 Å². The number of carbonyl (C=O) groups excluding carboxylic acids is 3. The smallest absolute Gasteiger partial charge is 0.240 e. The number of carbonyl (C=O) groups is 3. The van der Waals surface area contributed by atoms with E-state index in [2.05, 4.69) is 10.3 Å². The Balaban J connectivity index is 2.02. The summed E-state index contributed by atoms with van der Waals surface area (Å²) in [7, 11) is 0. The number of aromatic nitrogens is 1. The highest BCUT2D eigenvalue weighted by molar-refractivity contribution is 6.49. The maximum Gasteiger partial charge on any atom is 0.240 e. The molecule has 110 valence electrons. The first-order chi connectivity index (χ1) is 9.77. The number of hydrogen-bond acceptors (Lipinski definition) is 4. The fraction of sp³-hybridized carbons (Fsp3) is 0.500. The van der Waals surface area contributed by atoms with Crippen molar-refractivity contribution in [2.24, 2.45) is 16.2 Å². The van der Waals surface area contributed by atoms with Gasteiger partial charge in [-0.05, 0) is 30.4 Å². The summed E-state index contributed by atoms with van der Waals surface area (Å²) in [4.78, 5) is 41.7. The van der Waals surface area contributed by atoms with Crippen LogP contribution in [0, 0.1) is 16.2 Å². The van der Waals surface area contributed by atoms with Crippen molar-refractivity contribution in [3.05, 3.63) is 24.4 Å². The quantitative estimate of drug-likeness (QED) is 0.666. The van der Waals surface area contributed by atoms with Crippen LogP contribution in [0.15, 0.2) is 24.4 Å². The molecule has 3 rings (SSSR count). The second-order valence-corrected chi connectivity index (χ2v) is 6.69. The van der Waals surface area contributed by atoms with Crippen molar-refractivity contribution in [1.82, 2.24) is 4.98 Å². The Morgan fingerprint density at radius 1 is 1.14 bits per heavy atom. The Hall–Kier alpha value is -2.04. The molecule has 21 heavy (non-hydrogen) atoms. The van der Waals surface area contributed by atoms with Gasteiger partial charge < -0.3 is 5.32 Å². The van der Waals surface area contributed by atoms with Crippen LogP contribution in [0.1, 0.15) is 33.6 Å². The number of pyridine rings is 1. The average Bonchev–Trinajstić information content (AvgIpc) is 2.72. The van der Waals surface area contributed by atoms with E-state index in [0.29, 0.717) is 18.7 Å². The minimum Gasteiger partial charge on any atom is -0.310 e. The summed E-state index contributed by atoms with van der Waals surface area (Å²) < 4.78 is 0. The van der Waals surface area contributed by atoms with Crippen LogP contribution in [0.2, 0.25) is 0 Å². The highest BCUT2D eigenvalue weighted by Crippen LogP contribution is 2.69. The molecule has 0 aliphatic heterocycles. The van der Waals surface area contributed by atoms with Gasteiger partial charge in [0.25, 0.3) is 0 Å². The molecule has 2 fully saturated rings. The summed E-state index contributed by atoms with van der Waals surface area (Å²) in [6.07, 6.45) is 2.55. The van der Waals surface area contributed by atoms with Crippen molar-refractivity contribution in [1.29, 1.82) is 0 Å². The van der Waals surface area contributed by atoms with Crippen LogP contribution >= 0.6 is 0 Å². The van der Waals surface area contributed by atoms with Crippen LogP contribution in [0.3, 0.4) is 0 Å². The molecule has 2 atom stereocenters. The van der Waals surface area contributed by atoms with Crippen molar-refractivity contribution in [3.63, 3.8) is 0 Å². The molecule has 5 heteroatoms. The Labute approximate surface area is 123 Å². The van der Waals surface area contributed by atoms with E-state index in [1.165, 1.54) is 0 Å². The third-order valence-electron chi connectivity index (χ3n) is 5.84. The molecule has 5 nitrogen and oxygen atoms in total. The fourth-order valence-electron chi connectivity index (χ4n) is 3.93. The fourth-order valence-corrected chi connectivity index (χ4v) is 3.93. The van der Waals surface area contributed by atoms with Gasteiger partial charge in [-0.25, -0.2) is 4.98 Å². The Bertz CT molecular complexity index is 653. The van der Waals surface area contributed by atoms with E-state index in [4.69, 9.17) is 0 Å². The van der Waals surface area contributed by atoms with E-state index in [1.807, 2.05) is 13.8 Å². The van der Waals surface area contributed by atoms with Crippen LogP contribution in [0.4, 0.5) is 5.82 Å². The third-order valence-corrected chi connectivity index (χ3v) is 5.84. The van der Waals surface area contributed by atoms with E-state index in [1.54, 1.807) is 31.3 Å². The van der Waals surface area contributed by atoms with Gasteiger partial charge in [0.2, 0.25) is 17.5 Å². The van der Waals surface area contributed by atoms with Gasteiger partial charge in [0.1, 0.15) is 11.2 Å². The summed E-state index contributed by atoms with van der Waals surface area (Å²) in [5.74, 6) is -0.969. The van der Waals surface area contributed by atoms with Crippen molar-refractivity contribution >= 4 is 23.3 Å². The van der Waals surface area contributed by atoms with Gasteiger partial charge in [0, 0.05) is 11.6 Å². The van der Waals surface area contributed by atoms with E-state index >= 15 is 0 Å². The number of ketones is 2. The van der Waals surface area contributed by atoms with E-state index in [0.717, 1.165) is 0 Å². The minimum absolute atomic E-state index is 0.397. The van der Waals surface area contributed by atoms with Crippen LogP contribution in [0.25, 0.3) is 0 Å². The lowest BCUT2D eigenvalue weighted by atomic mass is 9.64. The van der Waals surface area contributed by atoms with Gasteiger partial charge in [-0.15, -0.1) is 0 Å². The van der Waals surface area contributed by atoms with Gasteiger partial charge in [-0.3, -0.25) is 14.4 Å². The van der Waals surface area contributed by atoms with Crippen molar-refractivity contribution in [2.45, 2.75) is 33.6 Å². The van der Waals surface area contributed by atoms with Gasteiger partial charge >= 0.3 is 0 Å².